The van der Waals surface area contributed by atoms with Crippen LogP contribution in [0.4, 0.5) is 0 Å². The Morgan fingerprint density at radius 3 is 0.941 bits per heavy atom. The van der Waals surface area contributed by atoms with Crippen LogP contribution in [0.25, 0.3) is 0 Å². The SMILES string of the molecule is CC/C=C\C/C=C\C/C=C\C/C=C\C/C=C\C/C=C\CCCCCCCCCCCCCCCCCCC(=O)OC(COC(=O)CCCCCCCCCCCCCC/C=C\C/C=C\C/C=C\C/C=C\CC)COC(OCC[N+](C)(C)C)C(=O)O. The van der Waals surface area contributed by atoms with Gasteiger partial charge in [-0.15, -0.1) is 0 Å². The van der Waals surface area contributed by atoms with Crippen molar-refractivity contribution < 1.29 is 42.9 Å². The van der Waals surface area contributed by atoms with Crippen LogP contribution in [0.2, 0.25) is 0 Å². The molecule has 0 spiro atoms. The normalized spacial score (nSPS) is 13.5. The van der Waals surface area contributed by atoms with E-state index in [4.69, 9.17) is 18.9 Å². The number of hydrogen-bond donors (Lipinski definition) is 1. The minimum atomic E-state index is -1.52. The average Bonchev–Trinajstić information content (AvgIpc) is 3.48. The van der Waals surface area contributed by atoms with Crippen LogP contribution in [0.3, 0.4) is 0 Å². The van der Waals surface area contributed by atoms with Crippen molar-refractivity contribution >= 4 is 17.9 Å². The summed E-state index contributed by atoms with van der Waals surface area (Å²) in [5.74, 6) is -2.00. The lowest BCUT2D eigenvalue weighted by atomic mass is 10.0. The lowest BCUT2D eigenvalue weighted by Crippen LogP contribution is -2.40. The molecule has 85 heavy (non-hydrogen) atoms. The molecule has 0 aromatic carbocycles. The number of esters is 2. The first-order chi connectivity index (χ1) is 41.6. The summed E-state index contributed by atoms with van der Waals surface area (Å²) in [5.41, 5.74) is 0. The van der Waals surface area contributed by atoms with Gasteiger partial charge in [-0.05, 0) is 103 Å². The number of unbranched alkanes of at least 4 members (excludes halogenated alkanes) is 28. The number of likely N-dealkylation sites (N-methyl/N-ethyl adjacent to an activating group) is 1. The Morgan fingerprint density at radius 1 is 0.353 bits per heavy atom. The van der Waals surface area contributed by atoms with Crippen molar-refractivity contribution in [3.05, 3.63) is 122 Å². The number of allylic oxidation sites excluding steroid dienone is 20. The smallest absolute Gasteiger partial charge is 0.361 e. The quantitative estimate of drug-likeness (QED) is 0.0211. The standard InChI is InChI=1S/C76H129NO8/c1-6-8-10-12-14-16-18-20-22-24-26-28-30-32-33-34-35-36-37-38-39-40-41-43-45-47-49-51-53-55-57-59-61-63-65-67-74(79)85-72(71-84-76(75(80)81)82-69-68-77(3,4)5)70-83-73(78)66-64-62-60-58-56-54-52-50-48-46-44-42-31-29-27-25-23-21-19-17-15-13-11-9-7-2/h8-11,14-17,20-23,26-29,32-33,35-36,72,76H,6-7,12-13,18-19,24-25,30-31,34,37-71H2,1-5H3/p+1/b10-8-,11-9-,16-14-,17-15-,22-20-,23-21-,28-26-,29-27-,33-32-,36-35-. The van der Waals surface area contributed by atoms with Crippen LogP contribution in [0, 0.1) is 0 Å². The van der Waals surface area contributed by atoms with E-state index in [9.17, 15) is 19.5 Å². The van der Waals surface area contributed by atoms with Crippen molar-refractivity contribution in [1.29, 1.82) is 0 Å². The summed E-state index contributed by atoms with van der Waals surface area (Å²) in [6, 6.07) is 0. The largest absolute Gasteiger partial charge is 0.477 e. The molecule has 0 aromatic rings. The molecule has 0 saturated carbocycles. The van der Waals surface area contributed by atoms with Crippen LogP contribution in [0.15, 0.2) is 122 Å². The van der Waals surface area contributed by atoms with Gasteiger partial charge in [-0.3, -0.25) is 9.59 Å². The van der Waals surface area contributed by atoms with E-state index in [0.29, 0.717) is 17.4 Å². The van der Waals surface area contributed by atoms with Crippen molar-refractivity contribution in [2.45, 2.75) is 296 Å². The minimum Gasteiger partial charge on any atom is -0.477 e. The molecule has 9 nitrogen and oxygen atoms in total. The summed E-state index contributed by atoms with van der Waals surface area (Å²) in [6.07, 6.45) is 90.2. The maximum absolute atomic E-state index is 12.9. The Labute approximate surface area is 523 Å². The molecule has 0 bridgehead atoms. The predicted molar refractivity (Wildman–Crippen MR) is 364 cm³/mol. The molecular formula is C76H130NO8+. The second-order valence-corrected chi connectivity index (χ2v) is 24.1. The van der Waals surface area contributed by atoms with E-state index in [0.717, 1.165) is 103 Å². The van der Waals surface area contributed by atoms with Gasteiger partial charge in [-0.25, -0.2) is 4.79 Å². The van der Waals surface area contributed by atoms with Crippen molar-refractivity contribution in [1.82, 2.24) is 0 Å². The molecule has 9 heteroatoms. The van der Waals surface area contributed by atoms with Crippen LogP contribution in [-0.2, 0) is 33.3 Å². The second-order valence-electron chi connectivity index (χ2n) is 24.1. The number of carboxylic acids is 1. The third-order valence-electron chi connectivity index (χ3n) is 14.7. The van der Waals surface area contributed by atoms with Gasteiger partial charge >= 0.3 is 17.9 Å². The first-order valence-electron chi connectivity index (χ1n) is 34.7. The number of carbonyl (C=O) groups excluding carboxylic acids is 2. The number of nitrogens with zero attached hydrogens (tertiary/aromatic N) is 1. The molecule has 486 valence electrons. The number of quaternary nitrogens is 1. The third kappa shape index (κ3) is 67.1. The summed E-state index contributed by atoms with van der Waals surface area (Å²) >= 11 is 0. The van der Waals surface area contributed by atoms with Gasteiger partial charge in [0.2, 0.25) is 0 Å². The fraction of sp³-hybridized carbons (Fsp3) is 0.697. The van der Waals surface area contributed by atoms with Gasteiger partial charge in [0.15, 0.2) is 6.10 Å². The van der Waals surface area contributed by atoms with Gasteiger partial charge < -0.3 is 28.5 Å². The fourth-order valence-corrected chi connectivity index (χ4v) is 9.48. The van der Waals surface area contributed by atoms with Crippen LogP contribution >= 0.6 is 0 Å². The summed E-state index contributed by atoms with van der Waals surface area (Å²) < 4.78 is 23.0. The lowest BCUT2D eigenvalue weighted by Gasteiger charge is -2.25. The summed E-state index contributed by atoms with van der Waals surface area (Å²) in [6.45, 7) is 4.67. The highest BCUT2D eigenvalue weighted by Crippen LogP contribution is 2.17. The number of ether oxygens (including phenoxy) is 4. The first-order valence-corrected chi connectivity index (χ1v) is 34.7. The Bertz CT molecular complexity index is 1810. The van der Waals surface area contributed by atoms with Crippen LogP contribution in [0.1, 0.15) is 284 Å². The highest BCUT2D eigenvalue weighted by molar-refractivity contribution is 5.71. The van der Waals surface area contributed by atoms with E-state index >= 15 is 0 Å². The maximum atomic E-state index is 12.9. The van der Waals surface area contributed by atoms with Crippen molar-refractivity contribution in [2.75, 3.05) is 47.5 Å². The zero-order valence-corrected chi connectivity index (χ0v) is 55.5. The Balaban J connectivity index is 4.11. The molecule has 0 radical (unpaired) electrons. The molecule has 0 heterocycles. The van der Waals surface area contributed by atoms with Crippen molar-refractivity contribution in [3.63, 3.8) is 0 Å². The first kappa shape index (κ1) is 80.7. The molecule has 0 rings (SSSR count). The summed E-state index contributed by atoms with van der Waals surface area (Å²) in [4.78, 5) is 37.6. The lowest BCUT2D eigenvalue weighted by molar-refractivity contribution is -0.870. The Kier molecular flexibility index (Phi) is 62.3. The van der Waals surface area contributed by atoms with E-state index in [2.05, 4.69) is 135 Å². The Morgan fingerprint density at radius 2 is 0.635 bits per heavy atom. The van der Waals surface area contributed by atoms with Crippen LogP contribution in [0.5, 0.6) is 0 Å². The number of hydrogen-bond acceptors (Lipinski definition) is 7. The molecule has 0 saturated heterocycles. The molecule has 2 atom stereocenters. The molecule has 0 amide bonds. The van der Waals surface area contributed by atoms with Gasteiger partial charge in [0, 0.05) is 12.8 Å². The van der Waals surface area contributed by atoms with Gasteiger partial charge in [0.05, 0.1) is 34.4 Å². The number of carboxylic acid groups (broad SMARTS) is 1. The molecule has 0 aliphatic carbocycles. The highest BCUT2D eigenvalue weighted by Gasteiger charge is 2.25. The molecule has 1 N–H and O–H groups in total. The monoisotopic (exact) mass is 1180 g/mol. The molecule has 0 aromatic heterocycles. The Hall–Kier alpha value is -4.31. The zero-order chi connectivity index (χ0) is 61.9. The fourth-order valence-electron chi connectivity index (χ4n) is 9.48. The van der Waals surface area contributed by atoms with Crippen LogP contribution < -0.4 is 0 Å². The zero-order valence-electron chi connectivity index (χ0n) is 55.5. The van der Waals surface area contributed by atoms with Gasteiger partial charge in [0.1, 0.15) is 13.2 Å². The molecular weight excluding hydrogens is 1050 g/mol. The van der Waals surface area contributed by atoms with E-state index in [1.165, 1.54) is 154 Å². The van der Waals surface area contributed by atoms with E-state index in [-0.39, 0.29) is 32.2 Å². The molecule has 0 aliphatic heterocycles. The topological polar surface area (TPSA) is 108 Å². The van der Waals surface area contributed by atoms with Crippen molar-refractivity contribution in [2.24, 2.45) is 0 Å². The van der Waals surface area contributed by atoms with Crippen LogP contribution in [-0.4, -0.2) is 87.4 Å². The summed E-state index contributed by atoms with van der Waals surface area (Å²) in [5, 5.41) is 9.75. The molecule has 0 fully saturated rings. The number of rotatable bonds is 63. The minimum absolute atomic E-state index is 0.184. The predicted octanol–water partition coefficient (Wildman–Crippen LogP) is 21.6. The van der Waals surface area contributed by atoms with Gasteiger partial charge in [-0.2, -0.15) is 0 Å². The molecule has 2 unspecified atom stereocenters. The highest BCUT2D eigenvalue weighted by atomic mass is 16.7. The summed E-state index contributed by atoms with van der Waals surface area (Å²) in [7, 11) is 5.98. The van der Waals surface area contributed by atoms with E-state index in [1.54, 1.807) is 0 Å². The second kappa shape index (κ2) is 65.7. The van der Waals surface area contributed by atoms with Gasteiger partial charge in [0.25, 0.3) is 6.29 Å². The average molecular weight is 1190 g/mol. The third-order valence-corrected chi connectivity index (χ3v) is 14.7. The molecule has 0 aliphatic rings. The number of carbonyl (C=O) groups is 3. The van der Waals surface area contributed by atoms with E-state index in [1.807, 2.05) is 21.1 Å². The van der Waals surface area contributed by atoms with E-state index < -0.39 is 24.3 Å². The maximum Gasteiger partial charge on any atom is 0.361 e. The number of aliphatic carboxylic acids is 1. The van der Waals surface area contributed by atoms with Crippen molar-refractivity contribution in [3.8, 4) is 0 Å². The van der Waals surface area contributed by atoms with Gasteiger partial charge in [-0.1, -0.05) is 289 Å².